The maximum atomic E-state index is 12.1. The number of carbonyl (C=O) groups is 2. The minimum atomic E-state index is -3.33. The fourth-order valence-corrected chi connectivity index (χ4v) is 3.96. The molecule has 0 radical (unpaired) electrons. The smallest absolute Gasteiger partial charge is 0.338 e. The van der Waals surface area contributed by atoms with Crippen LogP contribution in [0.2, 0.25) is 0 Å². The maximum absolute atomic E-state index is 12.1. The molecule has 0 heterocycles. The monoisotopic (exact) mass is 401 g/mol. The number of esters is 1. The molecule has 3 rings (SSSR count). The van der Waals surface area contributed by atoms with Gasteiger partial charge < -0.3 is 10.1 Å². The van der Waals surface area contributed by atoms with Crippen LogP contribution in [0, 0.1) is 0 Å². The molecule has 148 valence electrons. The number of ether oxygens (including phenoxy) is 1. The van der Waals surface area contributed by atoms with E-state index in [-0.39, 0.29) is 28.4 Å². The largest absolute Gasteiger partial charge is 0.452 e. The molecule has 2 aromatic carbocycles. The molecule has 6 nitrogen and oxygen atoms in total. The number of nitrogens with one attached hydrogen (secondary N) is 1. The van der Waals surface area contributed by atoms with Crippen LogP contribution in [0.1, 0.15) is 35.2 Å². The van der Waals surface area contributed by atoms with Crippen LogP contribution in [0.4, 0.5) is 0 Å². The molecule has 7 heteroatoms. The molecule has 1 fully saturated rings. The van der Waals surface area contributed by atoms with Crippen LogP contribution in [0.5, 0.6) is 0 Å². The molecular formula is C21H23NO5S. The Morgan fingerprint density at radius 1 is 1.04 bits per heavy atom. The second kappa shape index (κ2) is 8.14. The van der Waals surface area contributed by atoms with E-state index >= 15 is 0 Å². The predicted octanol–water partition coefficient (Wildman–Crippen LogP) is 2.49. The van der Waals surface area contributed by atoms with Gasteiger partial charge in [-0.05, 0) is 42.7 Å². The molecule has 0 bridgehead atoms. The quantitative estimate of drug-likeness (QED) is 0.720. The summed E-state index contributed by atoms with van der Waals surface area (Å²) in [6.07, 6.45) is 4.26. The summed E-state index contributed by atoms with van der Waals surface area (Å²) in [7, 11) is -3.33. The van der Waals surface area contributed by atoms with E-state index in [4.69, 9.17) is 4.74 Å². The van der Waals surface area contributed by atoms with Gasteiger partial charge in [-0.2, -0.15) is 0 Å². The van der Waals surface area contributed by atoms with Crippen molar-refractivity contribution in [3.05, 3.63) is 65.7 Å². The Hall–Kier alpha value is -2.67. The zero-order valence-corrected chi connectivity index (χ0v) is 16.5. The predicted molar refractivity (Wildman–Crippen MR) is 105 cm³/mol. The summed E-state index contributed by atoms with van der Waals surface area (Å²) in [5, 5.41) is 2.86. The third kappa shape index (κ3) is 4.59. The number of sulfone groups is 1. The summed E-state index contributed by atoms with van der Waals surface area (Å²) >= 11 is 0. The van der Waals surface area contributed by atoms with Gasteiger partial charge in [-0.3, -0.25) is 4.79 Å². The second-order valence-corrected chi connectivity index (χ2v) is 9.17. The molecule has 2 aromatic rings. The highest BCUT2D eigenvalue weighted by molar-refractivity contribution is 7.90. The summed E-state index contributed by atoms with van der Waals surface area (Å²) in [6.45, 7) is 0.133. The van der Waals surface area contributed by atoms with Crippen molar-refractivity contribution in [3.63, 3.8) is 0 Å². The maximum Gasteiger partial charge on any atom is 0.338 e. The normalized spacial score (nSPS) is 15.3. The first kappa shape index (κ1) is 20.1. The first-order valence-electron chi connectivity index (χ1n) is 9.10. The first-order valence-corrected chi connectivity index (χ1v) is 11.0. The molecule has 0 aromatic heterocycles. The first-order chi connectivity index (χ1) is 13.3. The highest BCUT2D eigenvalue weighted by Gasteiger charge is 2.38. The van der Waals surface area contributed by atoms with E-state index in [0.29, 0.717) is 6.54 Å². The SMILES string of the molecule is CS(=O)(=O)c1ccc(C(=O)OCC(=O)NCC2(c3ccccc3)CCC2)cc1. The molecule has 0 aliphatic heterocycles. The Bertz CT molecular complexity index is 948. The zero-order chi connectivity index (χ0) is 20.2. The van der Waals surface area contributed by atoms with Crippen LogP contribution in [-0.4, -0.2) is 39.7 Å². The topological polar surface area (TPSA) is 89.5 Å². The molecule has 1 aliphatic carbocycles. The molecule has 28 heavy (non-hydrogen) atoms. The van der Waals surface area contributed by atoms with Crippen LogP contribution < -0.4 is 5.32 Å². The average molecular weight is 401 g/mol. The minimum absolute atomic E-state index is 0.0393. The van der Waals surface area contributed by atoms with Gasteiger partial charge in [-0.1, -0.05) is 36.8 Å². The van der Waals surface area contributed by atoms with Gasteiger partial charge in [0.15, 0.2) is 16.4 Å². The van der Waals surface area contributed by atoms with Gasteiger partial charge in [0.05, 0.1) is 10.5 Å². The van der Waals surface area contributed by atoms with Crippen molar-refractivity contribution in [2.45, 2.75) is 29.6 Å². The zero-order valence-electron chi connectivity index (χ0n) is 15.7. The van der Waals surface area contributed by atoms with Crippen molar-refractivity contribution in [3.8, 4) is 0 Å². The lowest BCUT2D eigenvalue weighted by Crippen LogP contribution is -2.46. The van der Waals surface area contributed by atoms with Crippen molar-refractivity contribution in [2.24, 2.45) is 0 Å². The van der Waals surface area contributed by atoms with E-state index in [0.717, 1.165) is 25.5 Å². The fourth-order valence-electron chi connectivity index (χ4n) is 3.33. The lowest BCUT2D eigenvalue weighted by Gasteiger charge is -2.42. The van der Waals surface area contributed by atoms with Crippen LogP contribution in [0.25, 0.3) is 0 Å². The van der Waals surface area contributed by atoms with Gasteiger partial charge in [0.25, 0.3) is 5.91 Å². The number of benzene rings is 2. The van der Waals surface area contributed by atoms with E-state index < -0.39 is 15.8 Å². The Kier molecular flexibility index (Phi) is 5.84. The third-order valence-electron chi connectivity index (χ3n) is 5.17. The van der Waals surface area contributed by atoms with E-state index in [1.165, 1.54) is 29.8 Å². The van der Waals surface area contributed by atoms with Crippen molar-refractivity contribution in [1.82, 2.24) is 5.32 Å². The fraction of sp³-hybridized carbons (Fsp3) is 0.333. The lowest BCUT2D eigenvalue weighted by atomic mass is 9.64. The Morgan fingerprint density at radius 3 is 2.21 bits per heavy atom. The van der Waals surface area contributed by atoms with Crippen molar-refractivity contribution < 1.29 is 22.7 Å². The van der Waals surface area contributed by atoms with Gasteiger partial charge >= 0.3 is 5.97 Å². The number of amides is 1. The van der Waals surface area contributed by atoms with Gasteiger partial charge in [0.1, 0.15) is 0 Å². The summed E-state index contributed by atoms with van der Waals surface area (Å²) < 4.78 is 27.9. The van der Waals surface area contributed by atoms with Crippen molar-refractivity contribution >= 4 is 21.7 Å². The van der Waals surface area contributed by atoms with Crippen LogP contribution in [0.3, 0.4) is 0 Å². The summed E-state index contributed by atoms with van der Waals surface area (Å²) in [4.78, 5) is 24.3. The van der Waals surface area contributed by atoms with E-state index in [1.807, 2.05) is 18.2 Å². The molecule has 0 atom stereocenters. The number of hydrogen-bond acceptors (Lipinski definition) is 5. The van der Waals surface area contributed by atoms with E-state index in [9.17, 15) is 18.0 Å². The molecule has 1 N–H and O–H groups in total. The Balaban J connectivity index is 1.51. The second-order valence-electron chi connectivity index (χ2n) is 7.15. The highest BCUT2D eigenvalue weighted by Crippen LogP contribution is 2.43. The van der Waals surface area contributed by atoms with Gasteiger partial charge in [-0.25, -0.2) is 13.2 Å². The molecule has 0 saturated heterocycles. The number of carbonyl (C=O) groups excluding carboxylic acids is 2. The van der Waals surface area contributed by atoms with Gasteiger partial charge in [0.2, 0.25) is 0 Å². The summed E-state index contributed by atoms with van der Waals surface area (Å²) in [5.74, 6) is -1.03. The molecule has 1 amide bonds. The van der Waals surface area contributed by atoms with Crippen LogP contribution in [-0.2, 0) is 24.8 Å². The number of hydrogen-bond donors (Lipinski definition) is 1. The van der Waals surface area contributed by atoms with Crippen molar-refractivity contribution in [2.75, 3.05) is 19.4 Å². The molecule has 0 spiro atoms. The standard InChI is InChI=1S/C21H23NO5S/c1-28(25,26)18-10-8-16(9-11-18)20(24)27-14-19(23)22-15-21(12-5-13-21)17-6-3-2-4-7-17/h2-4,6-11H,5,12-15H2,1H3,(H,22,23). The third-order valence-corrected chi connectivity index (χ3v) is 6.30. The highest BCUT2D eigenvalue weighted by atomic mass is 32.2. The Morgan fingerprint density at radius 2 is 1.68 bits per heavy atom. The molecule has 1 aliphatic rings. The summed E-state index contributed by atoms with van der Waals surface area (Å²) in [6, 6.07) is 15.5. The van der Waals surface area contributed by atoms with Gasteiger partial charge in [-0.15, -0.1) is 0 Å². The molecule has 1 saturated carbocycles. The molecule has 0 unspecified atom stereocenters. The van der Waals surface area contributed by atoms with E-state index in [1.54, 1.807) is 0 Å². The van der Waals surface area contributed by atoms with Gasteiger partial charge in [0, 0.05) is 18.2 Å². The summed E-state index contributed by atoms with van der Waals surface area (Å²) in [5.41, 5.74) is 1.37. The van der Waals surface area contributed by atoms with Crippen molar-refractivity contribution in [1.29, 1.82) is 0 Å². The molecular weight excluding hydrogens is 378 g/mol. The van der Waals surface area contributed by atoms with Crippen LogP contribution in [0.15, 0.2) is 59.5 Å². The average Bonchev–Trinajstić information content (AvgIpc) is 2.65. The minimum Gasteiger partial charge on any atom is -0.452 e. The Labute approximate surface area is 164 Å². The van der Waals surface area contributed by atoms with E-state index in [2.05, 4.69) is 17.4 Å². The number of rotatable bonds is 7. The van der Waals surface area contributed by atoms with Crippen LogP contribution >= 0.6 is 0 Å². The lowest BCUT2D eigenvalue weighted by molar-refractivity contribution is -0.124.